The molecule has 1 aromatic heterocycles. The molecule has 0 fully saturated rings. The lowest BCUT2D eigenvalue weighted by Crippen LogP contribution is -2.09. The van der Waals surface area contributed by atoms with Crippen LogP contribution in [-0.4, -0.2) is 11.7 Å². The van der Waals surface area contributed by atoms with Crippen molar-refractivity contribution in [2.75, 3.05) is 6.61 Å². The second kappa shape index (κ2) is 5.76. The third-order valence-corrected chi connectivity index (χ3v) is 4.37. The third kappa shape index (κ3) is 2.99. The normalized spacial score (nSPS) is 18.1. The van der Waals surface area contributed by atoms with Crippen molar-refractivity contribution < 1.29 is 9.84 Å². The van der Waals surface area contributed by atoms with Gasteiger partial charge in [-0.25, -0.2) is 0 Å². The molecule has 100 valence electrons. The number of thiophene rings is 1. The Morgan fingerprint density at radius 3 is 3.11 bits per heavy atom. The van der Waals surface area contributed by atoms with Crippen LogP contribution in [0.2, 0.25) is 0 Å². The Bertz CT molecular complexity index is 534. The molecular formula is C16H18O2S. The predicted molar refractivity (Wildman–Crippen MR) is 77.9 cm³/mol. The SMILES string of the molecule is O[C@@H]1CCCc2ccc(OCCc3ccsc3)cc21. The number of ether oxygens (including phenoxy) is 1. The monoisotopic (exact) mass is 274 g/mol. The summed E-state index contributed by atoms with van der Waals surface area (Å²) in [7, 11) is 0. The van der Waals surface area contributed by atoms with Gasteiger partial charge in [0.25, 0.3) is 0 Å². The fraction of sp³-hybridized carbons (Fsp3) is 0.375. The van der Waals surface area contributed by atoms with Crippen molar-refractivity contribution in [1.29, 1.82) is 0 Å². The molecule has 0 spiro atoms. The zero-order chi connectivity index (χ0) is 13.1. The van der Waals surface area contributed by atoms with Gasteiger partial charge < -0.3 is 9.84 Å². The largest absolute Gasteiger partial charge is 0.493 e. The fourth-order valence-electron chi connectivity index (χ4n) is 2.56. The van der Waals surface area contributed by atoms with Crippen molar-refractivity contribution in [2.24, 2.45) is 0 Å². The lowest BCUT2D eigenvalue weighted by Gasteiger charge is -2.22. The van der Waals surface area contributed by atoms with E-state index in [0.717, 1.165) is 37.0 Å². The van der Waals surface area contributed by atoms with Crippen LogP contribution in [0.4, 0.5) is 0 Å². The molecule has 2 aromatic rings. The second-order valence-electron chi connectivity index (χ2n) is 5.00. The molecule has 1 aliphatic carbocycles. The van der Waals surface area contributed by atoms with E-state index in [2.05, 4.69) is 22.9 Å². The summed E-state index contributed by atoms with van der Waals surface area (Å²) in [6.45, 7) is 0.686. The quantitative estimate of drug-likeness (QED) is 0.920. The maximum atomic E-state index is 10.0. The lowest BCUT2D eigenvalue weighted by molar-refractivity contribution is 0.156. The molecule has 0 saturated carbocycles. The van der Waals surface area contributed by atoms with E-state index in [-0.39, 0.29) is 6.10 Å². The number of aliphatic hydroxyl groups is 1. The minimum absolute atomic E-state index is 0.316. The summed E-state index contributed by atoms with van der Waals surface area (Å²) in [6, 6.07) is 8.25. The smallest absolute Gasteiger partial charge is 0.119 e. The van der Waals surface area contributed by atoms with Gasteiger partial charge in [-0.2, -0.15) is 11.3 Å². The highest BCUT2D eigenvalue weighted by Crippen LogP contribution is 2.32. The minimum atomic E-state index is -0.316. The maximum absolute atomic E-state index is 10.0. The van der Waals surface area contributed by atoms with Crippen LogP contribution in [0.15, 0.2) is 35.0 Å². The third-order valence-electron chi connectivity index (χ3n) is 3.64. The molecule has 3 heteroatoms. The molecule has 0 amide bonds. The number of aliphatic hydroxyl groups excluding tert-OH is 1. The molecule has 0 saturated heterocycles. The van der Waals surface area contributed by atoms with Crippen LogP contribution in [-0.2, 0) is 12.8 Å². The minimum Gasteiger partial charge on any atom is -0.493 e. The van der Waals surface area contributed by atoms with E-state index in [1.165, 1.54) is 11.1 Å². The summed E-state index contributed by atoms with van der Waals surface area (Å²) in [5.74, 6) is 0.870. The van der Waals surface area contributed by atoms with Gasteiger partial charge in [0.2, 0.25) is 0 Å². The molecule has 1 aliphatic rings. The molecule has 0 bridgehead atoms. The molecule has 1 aromatic carbocycles. The molecule has 1 atom stereocenters. The molecule has 2 nitrogen and oxygen atoms in total. The standard InChI is InChI=1S/C16H18O2S/c17-16-3-1-2-13-4-5-14(10-15(13)16)18-8-6-12-7-9-19-11-12/h4-5,7,9-11,16-17H,1-3,6,8H2/t16-/m1/s1. The zero-order valence-electron chi connectivity index (χ0n) is 10.8. The summed E-state index contributed by atoms with van der Waals surface area (Å²) in [5, 5.41) is 14.2. The summed E-state index contributed by atoms with van der Waals surface area (Å²) in [4.78, 5) is 0. The van der Waals surface area contributed by atoms with Crippen LogP contribution in [0.3, 0.4) is 0 Å². The number of benzene rings is 1. The van der Waals surface area contributed by atoms with Crippen LogP contribution in [0.5, 0.6) is 5.75 Å². The van der Waals surface area contributed by atoms with Crippen molar-refractivity contribution in [3.05, 3.63) is 51.7 Å². The lowest BCUT2D eigenvalue weighted by atomic mass is 9.89. The van der Waals surface area contributed by atoms with Gasteiger partial charge >= 0.3 is 0 Å². The molecule has 0 radical (unpaired) electrons. The van der Waals surface area contributed by atoms with Crippen LogP contribution in [0.25, 0.3) is 0 Å². The van der Waals surface area contributed by atoms with E-state index in [4.69, 9.17) is 4.74 Å². The van der Waals surface area contributed by atoms with Gasteiger partial charge in [-0.15, -0.1) is 0 Å². The van der Waals surface area contributed by atoms with Gasteiger partial charge in [-0.3, -0.25) is 0 Å². The first kappa shape index (κ1) is 12.7. The van der Waals surface area contributed by atoms with E-state index < -0.39 is 0 Å². The first-order valence-corrected chi connectivity index (χ1v) is 7.72. The fourth-order valence-corrected chi connectivity index (χ4v) is 3.27. The molecule has 1 N–H and O–H groups in total. The summed E-state index contributed by atoms with van der Waals surface area (Å²) >= 11 is 1.72. The molecule has 3 rings (SSSR count). The Hall–Kier alpha value is -1.32. The number of aryl methyl sites for hydroxylation is 1. The number of hydrogen-bond donors (Lipinski definition) is 1. The average Bonchev–Trinajstić information content (AvgIpc) is 2.93. The Kier molecular flexibility index (Phi) is 3.85. The number of hydrogen-bond acceptors (Lipinski definition) is 3. The van der Waals surface area contributed by atoms with Gasteiger partial charge in [0, 0.05) is 6.42 Å². The zero-order valence-corrected chi connectivity index (χ0v) is 11.7. The van der Waals surface area contributed by atoms with Crippen LogP contribution < -0.4 is 4.74 Å². The first-order chi connectivity index (χ1) is 9.33. The van der Waals surface area contributed by atoms with Crippen molar-refractivity contribution in [2.45, 2.75) is 31.8 Å². The molecule has 1 heterocycles. The van der Waals surface area contributed by atoms with E-state index in [0.29, 0.717) is 6.61 Å². The first-order valence-electron chi connectivity index (χ1n) is 6.78. The topological polar surface area (TPSA) is 29.5 Å². The van der Waals surface area contributed by atoms with Gasteiger partial charge in [0.05, 0.1) is 12.7 Å². The Labute approximate surface area is 117 Å². The number of fused-ring (bicyclic) bond motifs is 1. The highest BCUT2D eigenvalue weighted by atomic mass is 32.1. The van der Waals surface area contributed by atoms with Gasteiger partial charge in [-0.1, -0.05) is 6.07 Å². The van der Waals surface area contributed by atoms with E-state index >= 15 is 0 Å². The Morgan fingerprint density at radius 2 is 2.26 bits per heavy atom. The maximum Gasteiger partial charge on any atom is 0.119 e. The predicted octanol–water partition coefficient (Wildman–Crippen LogP) is 3.74. The van der Waals surface area contributed by atoms with Crippen molar-refractivity contribution in [3.8, 4) is 5.75 Å². The second-order valence-corrected chi connectivity index (χ2v) is 5.78. The van der Waals surface area contributed by atoms with Crippen molar-refractivity contribution >= 4 is 11.3 Å². The van der Waals surface area contributed by atoms with Crippen LogP contribution in [0.1, 0.15) is 35.6 Å². The Morgan fingerprint density at radius 1 is 1.32 bits per heavy atom. The van der Waals surface area contributed by atoms with Crippen LogP contribution in [0, 0.1) is 0 Å². The summed E-state index contributed by atoms with van der Waals surface area (Å²) in [6.07, 6.45) is 3.63. The molecule has 0 unspecified atom stereocenters. The van der Waals surface area contributed by atoms with E-state index in [9.17, 15) is 5.11 Å². The highest BCUT2D eigenvalue weighted by molar-refractivity contribution is 7.07. The summed E-state index contributed by atoms with van der Waals surface area (Å²) < 4.78 is 5.79. The molecule has 19 heavy (non-hydrogen) atoms. The number of rotatable bonds is 4. The molecular weight excluding hydrogens is 256 g/mol. The molecule has 0 aliphatic heterocycles. The summed E-state index contributed by atoms with van der Waals surface area (Å²) in [5.41, 5.74) is 3.64. The van der Waals surface area contributed by atoms with E-state index in [1.54, 1.807) is 11.3 Å². The van der Waals surface area contributed by atoms with Gasteiger partial charge in [0.15, 0.2) is 0 Å². The van der Waals surface area contributed by atoms with Gasteiger partial charge in [-0.05, 0) is 64.9 Å². The van der Waals surface area contributed by atoms with Crippen molar-refractivity contribution in [1.82, 2.24) is 0 Å². The van der Waals surface area contributed by atoms with Gasteiger partial charge in [0.1, 0.15) is 5.75 Å². The van der Waals surface area contributed by atoms with Crippen LogP contribution >= 0.6 is 11.3 Å². The highest BCUT2D eigenvalue weighted by Gasteiger charge is 2.18. The average molecular weight is 274 g/mol. The van der Waals surface area contributed by atoms with E-state index in [1.807, 2.05) is 12.1 Å². The Balaban J connectivity index is 1.63. The van der Waals surface area contributed by atoms with Crippen molar-refractivity contribution in [3.63, 3.8) is 0 Å².